The summed E-state index contributed by atoms with van der Waals surface area (Å²) in [6, 6.07) is 9.64. The van der Waals surface area contributed by atoms with Gasteiger partial charge in [-0.05, 0) is 42.0 Å². The Morgan fingerprint density at radius 3 is 1.92 bits per heavy atom. The maximum Gasteiger partial charge on any atom is 0.416 e. The number of benzene rings is 2. The third-order valence-electron chi connectivity index (χ3n) is 3.13. The molecule has 3 N–H and O–H groups in total. The predicted molar refractivity (Wildman–Crippen MR) is 82.2 cm³/mol. The highest BCUT2D eigenvalue weighted by atomic mass is 19.4. The number of halogens is 3. The van der Waals surface area contributed by atoms with Crippen molar-refractivity contribution in [1.82, 2.24) is 10.9 Å². The highest BCUT2D eigenvalue weighted by Gasteiger charge is 2.29. The highest BCUT2D eigenvalue weighted by Crippen LogP contribution is 2.28. The van der Waals surface area contributed by atoms with Crippen LogP contribution in [0.3, 0.4) is 0 Å². The molecule has 6 nitrogen and oxygen atoms in total. The summed E-state index contributed by atoms with van der Waals surface area (Å²) in [6.45, 7) is 0. The molecule has 130 valence electrons. The number of alkyl halides is 3. The average molecular weight is 351 g/mol. The summed E-state index contributed by atoms with van der Waals surface area (Å²) in [6.07, 6.45) is -3.21. The molecule has 0 aliphatic rings. The fourth-order valence-electron chi connectivity index (χ4n) is 1.83. The van der Waals surface area contributed by atoms with Crippen molar-refractivity contribution in [2.45, 2.75) is 6.18 Å². The summed E-state index contributed by atoms with van der Waals surface area (Å²) in [7, 11) is 0. The zero-order valence-corrected chi connectivity index (χ0v) is 12.5. The van der Waals surface area contributed by atoms with E-state index in [9.17, 15) is 22.8 Å². The van der Waals surface area contributed by atoms with Gasteiger partial charge in [-0.15, -0.1) is 0 Å². The molecule has 25 heavy (non-hydrogen) atoms. The minimum atomic E-state index is -4.41. The molecule has 2 aromatic carbocycles. The Balaban J connectivity index is 1.97. The fourth-order valence-corrected chi connectivity index (χ4v) is 1.83. The van der Waals surface area contributed by atoms with Crippen molar-refractivity contribution in [1.29, 1.82) is 0 Å². The van der Waals surface area contributed by atoms with Gasteiger partial charge in [-0.2, -0.15) is 18.3 Å². The molecule has 0 aliphatic carbocycles. The van der Waals surface area contributed by atoms with Crippen LogP contribution in [0.25, 0.3) is 0 Å². The van der Waals surface area contributed by atoms with E-state index >= 15 is 0 Å². The Labute approximate surface area is 139 Å². The second kappa shape index (κ2) is 7.58. The van der Waals surface area contributed by atoms with Gasteiger partial charge in [-0.3, -0.25) is 14.8 Å². The van der Waals surface area contributed by atoms with Crippen LogP contribution >= 0.6 is 0 Å². The van der Waals surface area contributed by atoms with E-state index in [1.165, 1.54) is 48.1 Å². The van der Waals surface area contributed by atoms with Crippen molar-refractivity contribution < 1.29 is 28.0 Å². The largest absolute Gasteiger partial charge is 0.416 e. The first-order valence-corrected chi connectivity index (χ1v) is 6.86. The standard InChI is InChI=1S/C16H12F3N3O3/c17-16(18,19)13-7-1-10(2-8-13)9-20-21-14(23)11-3-5-12(6-4-11)15(24)22-25/h1-9,25H,(H,21,23)(H,22,24)/b20-9+. The molecule has 0 aliphatic heterocycles. The van der Waals surface area contributed by atoms with Gasteiger partial charge in [0.1, 0.15) is 0 Å². The van der Waals surface area contributed by atoms with E-state index in [0.29, 0.717) is 5.56 Å². The lowest BCUT2D eigenvalue weighted by Crippen LogP contribution is -2.20. The first-order chi connectivity index (χ1) is 11.8. The van der Waals surface area contributed by atoms with Crippen molar-refractivity contribution in [3.8, 4) is 0 Å². The number of hydrogen-bond donors (Lipinski definition) is 3. The predicted octanol–water partition coefficient (Wildman–Crippen LogP) is 2.59. The van der Waals surface area contributed by atoms with E-state index < -0.39 is 23.6 Å². The van der Waals surface area contributed by atoms with Gasteiger partial charge in [-0.1, -0.05) is 12.1 Å². The Hall–Kier alpha value is -3.20. The van der Waals surface area contributed by atoms with Crippen molar-refractivity contribution in [2.75, 3.05) is 0 Å². The second-order valence-electron chi connectivity index (χ2n) is 4.84. The minimum Gasteiger partial charge on any atom is -0.288 e. The van der Waals surface area contributed by atoms with Gasteiger partial charge in [0, 0.05) is 11.1 Å². The Kier molecular flexibility index (Phi) is 5.50. The summed E-state index contributed by atoms with van der Waals surface area (Å²) < 4.78 is 37.3. The van der Waals surface area contributed by atoms with Gasteiger partial charge in [0.2, 0.25) is 0 Å². The third-order valence-corrected chi connectivity index (χ3v) is 3.13. The molecule has 0 atom stereocenters. The molecule has 2 amide bonds. The molecular weight excluding hydrogens is 339 g/mol. The molecule has 0 aromatic heterocycles. The Bertz CT molecular complexity index is 785. The smallest absolute Gasteiger partial charge is 0.288 e. The summed E-state index contributed by atoms with van der Waals surface area (Å²) in [5.74, 6) is -1.29. The van der Waals surface area contributed by atoms with E-state index in [1.807, 2.05) is 0 Å². The van der Waals surface area contributed by atoms with Gasteiger partial charge >= 0.3 is 6.18 Å². The molecule has 2 aromatic rings. The zero-order chi connectivity index (χ0) is 18.4. The number of carbonyl (C=O) groups is 2. The molecule has 0 radical (unpaired) electrons. The molecule has 0 bridgehead atoms. The van der Waals surface area contributed by atoms with E-state index in [1.54, 1.807) is 0 Å². The number of hydrogen-bond acceptors (Lipinski definition) is 4. The number of hydroxylamine groups is 1. The highest BCUT2D eigenvalue weighted by molar-refractivity contribution is 5.97. The summed E-state index contributed by atoms with van der Waals surface area (Å²) in [5.41, 5.74) is 3.64. The zero-order valence-electron chi connectivity index (χ0n) is 12.5. The molecule has 0 saturated carbocycles. The van der Waals surface area contributed by atoms with Crippen LogP contribution in [0, 0.1) is 0 Å². The monoisotopic (exact) mass is 351 g/mol. The number of hydrazone groups is 1. The lowest BCUT2D eigenvalue weighted by atomic mass is 10.1. The van der Waals surface area contributed by atoms with Crippen LogP contribution in [-0.2, 0) is 6.18 Å². The quantitative estimate of drug-likeness (QED) is 0.449. The summed E-state index contributed by atoms with van der Waals surface area (Å²) in [4.78, 5) is 23.0. The number of nitrogens with one attached hydrogen (secondary N) is 2. The first-order valence-electron chi connectivity index (χ1n) is 6.86. The van der Waals surface area contributed by atoms with Crippen molar-refractivity contribution in [3.63, 3.8) is 0 Å². The number of nitrogens with zero attached hydrogens (tertiary/aromatic N) is 1. The normalized spacial score (nSPS) is 11.4. The van der Waals surface area contributed by atoms with Crippen LogP contribution in [0.4, 0.5) is 13.2 Å². The van der Waals surface area contributed by atoms with E-state index in [4.69, 9.17) is 5.21 Å². The molecule has 9 heteroatoms. The Morgan fingerprint density at radius 1 is 0.920 bits per heavy atom. The van der Waals surface area contributed by atoms with Gasteiger partial charge in [0.05, 0.1) is 11.8 Å². The number of carbonyl (C=O) groups excluding carboxylic acids is 2. The molecule has 2 rings (SSSR count). The maximum atomic E-state index is 12.4. The van der Waals surface area contributed by atoms with Crippen molar-refractivity contribution >= 4 is 18.0 Å². The van der Waals surface area contributed by atoms with Crippen LogP contribution in [0.2, 0.25) is 0 Å². The number of rotatable bonds is 4. The summed E-state index contributed by atoms with van der Waals surface area (Å²) >= 11 is 0. The van der Waals surface area contributed by atoms with Gasteiger partial charge in [0.25, 0.3) is 11.8 Å². The lowest BCUT2D eigenvalue weighted by Gasteiger charge is -2.05. The molecular formula is C16H12F3N3O3. The van der Waals surface area contributed by atoms with E-state index in [-0.39, 0.29) is 11.1 Å². The lowest BCUT2D eigenvalue weighted by molar-refractivity contribution is -0.137. The van der Waals surface area contributed by atoms with Crippen LogP contribution < -0.4 is 10.9 Å². The van der Waals surface area contributed by atoms with E-state index in [0.717, 1.165) is 12.1 Å². The Morgan fingerprint density at radius 2 is 1.44 bits per heavy atom. The van der Waals surface area contributed by atoms with Crippen molar-refractivity contribution in [2.24, 2.45) is 5.10 Å². The first kappa shape index (κ1) is 18.1. The minimum absolute atomic E-state index is 0.160. The van der Waals surface area contributed by atoms with Gasteiger partial charge in [0.15, 0.2) is 0 Å². The maximum absolute atomic E-state index is 12.4. The topological polar surface area (TPSA) is 90.8 Å². The second-order valence-corrected chi connectivity index (χ2v) is 4.84. The third kappa shape index (κ3) is 4.88. The number of amides is 2. The molecule has 0 saturated heterocycles. The summed E-state index contributed by atoms with van der Waals surface area (Å²) in [5, 5.41) is 12.2. The van der Waals surface area contributed by atoms with Crippen LogP contribution in [0.15, 0.2) is 53.6 Å². The fraction of sp³-hybridized carbons (Fsp3) is 0.0625. The molecule has 0 spiro atoms. The van der Waals surface area contributed by atoms with E-state index in [2.05, 4.69) is 10.5 Å². The van der Waals surface area contributed by atoms with Crippen LogP contribution in [-0.4, -0.2) is 23.2 Å². The SMILES string of the molecule is O=C(NO)c1ccc(C(=O)N/N=C/c2ccc(C(F)(F)F)cc2)cc1. The molecule has 0 heterocycles. The van der Waals surface area contributed by atoms with Gasteiger partial charge in [-0.25, -0.2) is 10.9 Å². The average Bonchev–Trinajstić information content (AvgIpc) is 2.60. The van der Waals surface area contributed by atoms with Crippen molar-refractivity contribution in [3.05, 3.63) is 70.8 Å². The molecule has 0 unspecified atom stereocenters. The molecule has 0 fully saturated rings. The van der Waals surface area contributed by atoms with Crippen LogP contribution in [0.5, 0.6) is 0 Å². The van der Waals surface area contributed by atoms with Gasteiger partial charge < -0.3 is 0 Å². The van der Waals surface area contributed by atoms with Crippen LogP contribution in [0.1, 0.15) is 31.8 Å².